The van der Waals surface area contributed by atoms with Gasteiger partial charge in [-0.15, -0.1) is 5.10 Å². The van der Waals surface area contributed by atoms with Crippen molar-refractivity contribution in [2.24, 2.45) is 11.8 Å². The minimum absolute atomic E-state index is 0.119. The maximum absolute atomic E-state index is 13.1. The molecule has 0 spiro atoms. The fraction of sp³-hybridized carbons (Fsp3) is 0.348. The first-order valence-electron chi connectivity index (χ1n) is 10.7. The highest BCUT2D eigenvalue weighted by Gasteiger charge is 2.26. The van der Waals surface area contributed by atoms with Gasteiger partial charge in [0.05, 0.1) is 15.5 Å². The predicted octanol–water partition coefficient (Wildman–Crippen LogP) is 5.60. The second kappa shape index (κ2) is 10.9. The molecule has 3 rings (SSSR count). The first-order chi connectivity index (χ1) is 16.0. The number of rotatable bonds is 9. The summed E-state index contributed by atoms with van der Waals surface area (Å²) < 4.78 is 33.2. The topological polar surface area (TPSA) is 105 Å². The summed E-state index contributed by atoms with van der Waals surface area (Å²) in [5.74, 6) is -0.0439. The number of sulfonamides is 1. The SMILES string of the molecule is CC(C)CN(CC(C)C)S(=O)(=O)c1ccc(C(=O)Nc2nnc(-c3ccc(Cl)cc3Cl)o2)cc1. The third kappa shape index (κ3) is 6.35. The molecule has 0 saturated heterocycles. The van der Waals surface area contributed by atoms with E-state index in [1.54, 1.807) is 18.2 Å². The maximum atomic E-state index is 13.1. The van der Waals surface area contributed by atoms with Gasteiger partial charge in [-0.2, -0.15) is 4.31 Å². The highest BCUT2D eigenvalue weighted by Crippen LogP contribution is 2.30. The Morgan fingerprint density at radius 1 is 1.00 bits per heavy atom. The van der Waals surface area contributed by atoms with Crippen LogP contribution in [0.4, 0.5) is 6.01 Å². The van der Waals surface area contributed by atoms with Gasteiger partial charge in [0.25, 0.3) is 11.8 Å². The molecular formula is C23H26Cl2N4O4S. The van der Waals surface area contributed by atoms with Crippen LogP contribution in [0.5, 0.6) is 0 Å². The number of benzene rings is 2. The quantitative estimate of drug-likeness (QED) is 0.390. The van der Waals surface area contributed by atoms with Crippen LogP contribution >= 0.6 is 23.2 Å². The summed E-state index contributed by atoms with van der Waals surface area (Å²) in [6.07, 6.45) is 0. The van der Waals surface area contributed by atoms with E-state index < -0.39 is 15.9 Å². The largest absolute Gasteiger partial charge is 0.403 e. The number of aromatic nitrogens is 2. The lowest BCUT2D eigenvalue weighted by atomic mass is 10.2. The van der Waals surface area contributed by atoms with Gasteiger partial charge >= 0.3 is 6.01 Å². The summed E-state index contributed by atoms with van der Waals surface area (Å²) in [6, 6.07) is 10.4. The molecule has 11 heteroatoms. The van der Waals surface area contributed by atoms with Crippen molar-refractivity contribution in [1.82, 2.24) is 14.5 Å². The summed E-state index contributed by atoms with van der Waals surface area (Å²) in [6.45, 7) is 8.72. The summed E-state index contributed by atoms with van der Waals surface area (Å²) in [5, 5.41) is 11.0. The van der Waals surface area contributed by atoms with Crippen molar-refractivity contribution in [2.75, 3.05) is 18.4 Å². The van der Waals surface area contributed by atoms with Crippen molar-refractivity contribution >= 4 is 45.1 Å². The van der Waals surface area contributed by atoms with E-state index in [1.807, 2.05) is 27.7 Å². The molecule has 0 aliphatic carbocycles. The monoisotopic (exact) mass is 524 g/mol. The Morgan fingerprint density at radius 2 is 1.62 bits per heavy atom. The van der Waals surface area contributed by atoms with Gasteiger partial charge in [0.15, 0.2) is 0 Å². The van der Waals surface area contributed by atoms with Crippen LogP contribution < -0.4 is 5.32 Å². The Morgan fingerprint density at radius 3 is 2.18 bits per heavy atom. The van der Waals surface area contributed by atoms with Gasteiger partial charge in [-0.05, 0) is 54.3 Å². The molecule has 0 radical (unpaired) electrons. The number of carbonyl (C=O) groups excluding carboxylic acids is 1. The Balaban J connectivity index is 1.74. The minimum atomic E-state index is -3.69. The van der Waals surface area contributed by atoms with Gasteiger partial charge in [0, 0.05) is 23.7 Å². The molecule has 0 aliphatic heterocycles. The van der Waals surface area contributed by atoms with Gasteiger partial charge < -0.3 is 4.42 Å². The molecule has 34 heavy (non-hydrogen) atoms. The van der Waals surface area contributed by atoms with Crippen molar-refractivity contribution in [3.8, 4) is 11.5 Å². The fourth-order valence-corrected chi connectivity index (χ4v) is 5.48. The summed E-state index contributed by atoms with van der Waals surface area (Å²) in [4.78, 5) is 12.7. The molecule has 0 unspecified atom stereocenters. The molecule has 182 valence electrons. The molecule has 2 aromatic carbocycles. The third-order valence-electron chi connectivity index (χ3n) is 4.70. The number of amides is 1. The molecule has 0 aliphatic rings. The normalized spacial score (nSPS) is 12.0. The zero-order valence-corrected chi connectivity index (χ0v) is 21.6. The molecular weight excluding hydrogens is 499 g/mol. The molecule has 1 N–H and O–H groups in total. The van der Waals surface area contributed by atoms with E-state index in [0.29, 0.717) is 28.7 Å². The number of hydrogen-bond acceptors (Lipinski definition) is 6. The van der Waals surface area contributed by atoms with Crippen LogP contribution in [0, 0.1) is 11.8 Å². The van der Waals surface area contributed by atoms with Crippen LogP contribution in [0.25, 0.3) is 11.5 Å². The Kier molecular flexibility index (Phi) is 8.35. The molecule has 0 saturated carbocycles. The second-order valence-corrected chi connectivity index (χ2v) is 11.4. The lowest BCUT2D eigenvalue weighted by molar-refractivity contribution is 0.102. The van der Waals surface area contributed by atoms with E-state index in [9.17, 15) is 13.2 Å². The number of nitrogens with one attached hydrogen (secondary N) is 1. The number of carbonyl (C=O) groups is 1. The predicted molar refractivity (Wildman–Crippen MR) is 133 cm³/mol. The van der Waals surface area contributed by atoms with Crippen molar-refractivity contribution < 1.29 is 17.6 Å². The van der Waals surface area contributed by atoms with E-state index in [4.69, 9.17) is 27.6 Å². The van der Waals surface area contributed by atoms with Crippen LogP contribution in [0.3, 0.4) is 0 Å². The van der Waals surface area contributed by atoms with Gasteiger partial charge in [-0.25, -0.2) is 8.42 Å². The minimum Gasteiger partial charge on any atom is -0.403 e. The third-order valence-corrected chi connectivity index (χ3v) is 7.09. The molecule has 0 bridgehead atoms. The fourth-order valence-electron chi connectivity index (χ4n) is 3.23. The van der Waals surface area contributed by atoms with Gasteiger partial charge in [-0.3, -0.25) is 10.1 Å². The zero-order valence-electron chi connectivity index (χ0n) is 19.2. The number of nitrogens with zero attached hydrogens (tertiary/aromatic N) is 3. The van der Waals surface area contributed by atoms with Crippen LogP contribution in [-0.2, 0) is 10.0 Å². The summed E-state index contributed by atoms with van der Waals surface area (Å²) in [5.41, 5.74) is 0.712. The van der Waals surface area contributed by atoms with Crippen molar-refractivity contribution in [2.45, 2.75) is 32.6 Å². The Labute approximate surface area is 209 Å². The van der Waals surface area contributed by atoms with E-state index >= 15 is 0 Å². The molecule has 8 nitrogen and oxygen atoms in total. The number of hydrogen-bond donors (Lipinski definition) is 1. The van der Waals surface area contributed by atoms with Gasteiger partial charge in [-0.1, -0.05) is 56.0 Å². The lowest BCUT2D eigenvalue weighted by Gasteiger charge is -2.25. The highest BCUT2D eigenvalue weighted by atomic mass is 35.5. The average molecular weight is 525 g/mol. The molecule has 1 aromatic heterocycles. The van der Waals surface area contributed by atoms with Crippen LogP contribution in [0.2, 0.25) is 10.0 Å². The highest BCUT2D eigenvalue weighted by molar-refractivity contribution is 7.89. The maximum Gasteiger partial charge on any atom is 0.322 e. The van der Waals surface area contributed by atoms with Gasteiger partial charge in [0.2, 0.25) is 10.0 Å². The second-order valence-electron chi connectivity index (χ2n) is 8.62. The first kappa shape index (κ1) is 26.2. The van der Waals surface area contributed by atoms with Crippen molar-refractivity contribution in [1.29, 1.82) is 0 Å². The van der Waals surface area contributed by atoms with Crippen molar-refractivity contribution in [3.63, 3.8) is 0 Å². The van der Waals surface area contributed by atoms with Crippen molar-refractivity contribution in [3.05, 3.63) is 58.1 Å². The van der Waals surface area contributed by atoms with E-state index in [-0.39, 0.29) is 34.2 Å². The average Bonchev–Trinajstić information content (AvgIpc) is 3.20. The molecule has 0 atom stereocenters. The molecule has 3 aromatic rings. The number of halogens is 2. The smallest absolute Gasteiger partial charge is 0.322 e. The van der Waals surface area contributed by atoms with Gasteiger partial charge in [0.1, 0.15) is 0 Å². The zero-order chi connectivity index (χ0) is 25.0. The first-order valence-corrected chi connectivity index (χ1v) is 12.9. The Hall–Kier alpha value is -2.46. The standard InChI is InChI=1S/C23H26Cl2N4O4S/c1-14(2)12-29(13-15(3)4)34(31,32)18-8-5-16(6-9-18)21(30)26-23-28-27-22(33-23)19-10-7-17(24)11-20(19)25/h5-11,14-15H,12-13H2,1-4H3,(H,26,28,30). The van der Waals surface area contributed by atoms with Crippen LogP contribution in [0.1, 0.15) is 38.1 Å². The van der Waals surface area contributed by atoms with E-state index in [0.717, 1.165) is 0 Å². The Bertz CT molecular complexity index is 1250. The summed E-state index contributed by atoms with van der Waals surface area (Å²) >= 11 is 12.1. The number of anilines is 1. The lowest BCUT2D eigenvalue weighted by Crippen LogP contribution is -2.37. The molecule has 1 amide bonds. The molecule has 1 heterocycles. The van der Waals surface area contributed by atoms with E-state index in [2.05, 4.69) is 15.5 Å². The van der Waals surface area contributed by atoms with Crippen LogP contribution in [-0.4, -0.2) is 41.9 Å². The summed E-state index contributed by atoms with van der Waals surface area (Å²) in [7, 11) is -3.69. The van der Waals surface area contributed by atoms with Crippen LogP contribution in [0.15, 0.2) is 51.8 Å². The molecule has 0 fully saturated rings. The van der Waals surface area contributed by atoms with E-state index in [1.165, 1.54) is 28.6 Å².